The molecule has 0 saturated carbocycles. The zero-order valence-electron chi connectivity index (χ0n) is 54.8. The lowest BCUT2D eigenvalue weighted by Crippen LogP contribution is -2.30. The molecule has 82 heavy (non-hydrogen) atoms. The fourth-order valence-electron chi connectivity index (χ4n) is 10.6. The van der Waals surface area contributed by atoms with Crippen molar-refractivity contribution in [2.75, 3.05) is 13.2 Å². The van der Waals surface area contributed by atoms with E-state index >= 15 is 0 Å². The van der Waals surface area contributed by atoms with Crippen molar-refractivity contribution in [3.63, 3.8) is 0 Å². The van der Waals surface area contributed by atoms with E-state index in [1.54, 1.807) is 0 Å². The highest BCUT2D eigenvalue weighted by molar-refractivity contribution is 5.71. The summed E-state index contributed by atoms with van der Waals surface area (Å²) in [4.78, 5) is 38.4. The van der Waals surface area contributed by atoms with E-state index in [4.69, 9.17) is 14.2 Å². The molecule has 0 N–H and O–H groups in total. The molecule has 0 saturated heterocycles. The van der Waals surface area contributed by atoms with Crippen LogP contribution in [0.2, 0.25) is 0 Å². The Morgan fingerprint density at radius 3 is 0.768 bits per heavy atom. The van der Waals surface area contributed by atoms with Gasteiger partial charge in [0.25, 0.3) is 0 Å². The summed E-state index contributed by atoms with van der Waals surface area (Å²) >= 11 is 0. The van der Waals surface area contributed by atoms with Crippen molar-refractivity contribution in [3.8, 4) is 0 Å². The average Bonchev–Trinajstić information content (AvgIpc) is 3.47. The Kier molecular flexibility index (Phi) is 67.6. The molecule has 1 unspecified atom stereocenters. The van der Waals surface area contributed by atoms with Crippen molar-refractivity contribution in [2.24, 2.45) is 0 Å². The molecule has 0 fully saturated rings. The van der Waals surface area contributed by atoms with Crippen LogP contribution in [0.15, 0.2) is 72.9 Å². The number of ether oxygens (including phenoxy) is 3. The first-order chi connectivity index (χ1) is 40.5. The molecular weight excluding hydrogens is 1010 g/mol. The molecule has 6 heteroatoms. The Hall–Kier alpha value is -3.15. The van der Waals surface area contributed by atoms with Crippen molar-refractivity contribution in [1.29, 1.82) is 0 Å². The Labute approximate surface area is 510 Å². The molecule has 0 amide bonds. The second-order valence-electron chi connectivity index (χ2n) is 24.1. The average molecular weight is 1150 g/mol. The van der Waals surface area contributed by atoms with E-state index in [1.165, 1.54) is 231 Å². The third-order valence-corrected chi connectivity index (χ3v) is 15.9. The number of unbranched alkanes of at least 4 members (excludes halogenated alkanes) is 43. The second-order valence-corrected chi connectivity index (χ2v) is 24.1. The van der Waals surface area contributed by atoms with Crippen molar-refractivity contribution >= 4 is 17.9 Å². The quantitative estimate of drug-likeness (QED) is 0.0261. The van der Waals surface area contributed by atoms with Crippen LogP contribution in [-0.2, 0) is 28.6 Å². The van der Waals surface area contributed by atoms with Gasteiger partial charge in [0, 0.05) is 19.3 Å². The van der Waals surface area contributed by atoms with E-state index in [0.717, 1.165) is 103 Å². The highest BCUT2D eigenvalue weighted by Crippen LogP contribution is 2.18. The van der Waals surface area contributed by atoms with Gasteiger partial charge in [0.15, 0.2) is 6.10 Å². The largest absolute Gasteiger partial charge is 0.462 e. The standard InChI is InChI=1S/C76H136O6/c1-4-7-10-13-16-19-22-25-28-30-32-33-34-35-36-37-38-39-40-41-42-44-45-48-51-54-57-60-63-66-69-75(78)81-72-73(71-80-74(77)68-65-62-59-56-53-50-47-27-24-21-18-15-12-9-6-3)82-76(79)70-67-64-61-58-55-52-49-46-43-31-29-26-23-20-17-14-11-8-5-2/h8,11,17,20,26-27,29,43,46-47,52,55,73H,4-7,9-10,12-16,18-19,21-25,28,30-42,44-45,48-51,53-54,56-72H2,1-3H3/b11-8-,20-17-,29-26-,46-43-,47-27-,55-52-. The zero-order chi connectivity index (χ0) is 59.2. The van der Waals surface area contributed by atoms with Gasteiger partial charge in [-0.25, -0.2) is 0 Å². The van der Waals surface area contributed by atoms with Crippen LogP contribution in [0, 0.1) is 0 Å². The summed E-state index contributed by atoms with van der Waals surface area (Å²) in [6.45, 7) is 6.54. The number of carbonyl (C=O) groups is 3. The Balaban J connectivity index is 4.25. The topological polar surface area (TPSA) is 78.9 Å². The van der Waals surface area contributed by atoms with E-state index in [2.05, 4.69) is 93.7 Å². The zero-order valence-corrected chi connectivity index (χ0v) is 54.8. The molecule has 6 nitrogen and oxygen atoms in total. The SMILES string of the molecule is CC/C=C\C/C=C\C/C=C\C/C=C\C/C=C\CCCCCC(=O)OC(COC(=O)CCCCCCC/C=C\CCCCCCCC)COC(=O)CCCCCCCCCCCCCCCCCCCCCCCCCCCCCCCC. The number of esters is 3. The van der Waals surface area contributed by atoms with Crippen LogP contribution in [0.25, 0.3) is 0 Å². The van der Waals surface area contributed by atoms with Crippen molar-refractivity contribution < 1.29 is 28.6 Å². The van der Waals surface area contributed by atoms with E-state index in [9.17, 15) is 14.4 Å². The summed E-state index contributed by atoms with van der Waals surface area (Å²) in [5.74, 6) is -0.910. The molecule has 0 heterocycles. The minimum absolute atomic E-state index is 0.0884. The predicted octanol–water partition coefficient (Wildman–Crippen LogP) is 24.8. The Bertz CT molecular complexity index is 1500. The number of hydrogen-bond donors (Lipinski definition) is 0. The smallest absolute Gasteiger partial charge is 0.306 e. The van der Waals surface area contributed by atoms with Gasteiger partial charge in [0.2, 0.25) is 0 Å². The first-order valence-electron chi connectivity index (χ1n) is 35.9. The molecule has 0 aliphatic heterocycles. The van der Waals surface area contributed by atoms with Gasteiger partial charge in [0.05, 0.1) is 0 Å². The van der Waals surface area contributed by atoms with Crippen LogP contribution < -0.4 is 0 Å². The summed E-state index contributed by atoms with van der Waals surface area (Å²) in [7, 11) is 0. The maximum Gasteiger partial charge on any atom is 0.306 e. The summed E-state index contributed by atoms with van der Waals surface area (Å²) in [5.41, 5.74) is 0. The highest BCUT2D eigenvalue weighted by Gasteiger charge is 2.19. The normalized spacial score (nSPS) is 12.5. The monoisotopic (exact) mass is 1150 g/mol. The van der Waals surface area contributed by atoms with Gasteiger partial charge in [-0.2, -0.15) is 0 Å². The van der Waals surface area contributed by atoms with Gasteiger partial charge in [-0.15, -0.1) is 0 Å². The Morgan fingerprint density at radius 1 is 0.256 bits per heavy atom. The summed E-state index contributed by atoms with van der Waals surface area (Å²) in [5, 5.41) is 0. The molecular formula is C76H136O6. The predicted molar refractivity (Wildman–Crippen MR) is 358 cm³/mol. The van der Waals surface area contributed by atoms with Gasteiger partial charge < -0.3 is 14.2 Å². The molecule has 0 aliphatic rings. The van der Waals surface area contributed by atoms with Crippen molar-refractivity contribution in [3.05, 3.63) is 72.9 Å². The number of rotatable bonds is 66. The number of hydrogen-bond acceptors (Lipinski definition) is 6. The van der Waals surface area contributed by atoms with Gasteiger partial charge in [-0.3, -0.25) is 14.4 Å². The van der Waals surface area contributed by atoms with Crippen LogP contribution in [0.3, 0.4) is 0 Å². The van der Waals surface area contributed by atoms with Crippen LogP contribution in [0.5, 0.6) is 0 Å². The van der Waals surface area contributed by atoms with Crippen LogP contribution >= 0.6 is 0 Å². The first kappa shape index (κ1) is 78.8. The van der Waals surface area contributed by atoms with E-state index in [1.807, 2.05) is 0 Å². The first-order valence-corrected chi connectivity index (χ1v) is 35.9. The van der Waals surface area contributed by atoms with E-state index < -0.39 is 6.10 Å². The summed E-state index contributed by atoms with van der Waals surface area (Å²) in [6.07, 6.45) is 92.3. The number of carbonyl (C=O) groups excluding carboxylic acids is 3. The fourth-order valence-corrected chi connectivity index (χ4v) is 10.6. The molecule has 1 atom stereocenters. The maximum atomic E-state index is 12.9. The molecule has 0 aliphatic carbocycles. The van der Waals surface area contributed by atoms with Gasteiger partial charge in [-0.05, 0) is 89.9 Å². The molecule has 0 aromatic rings. The third kappa shape index (κ3) is 67.6. The fraction of sp³-hybridized carbons (Fsp3) is 0.803. The van der Waals surface area contributed by atoms with E-state index in [-0.39, 0.29) is 31.1 Å². The van der Waals surface area contributed by atoms with Crippen LogP contribution in [-0.4, -0.2) is 37.2 Å². The second kappa shape index (κ2) is 70.3. The van der Waals surface area contributed by atoms with Crippen LogP contribution in [0.4, 0.5) is 0 Å². The molecule has 0 rings (SSSR count). The van der Waals surface area contributed by atoms with Crippen LogP contribution in [0.1, 0.15) is 374 Å². The van der Waals surface area contributed by atoms with Crippen molar-refractivity contribution in [1.82, 2.24) is 0 Å². The Morgan fingerprint density at radius 2 is 0.476 bits per heavy atom. The van der Waals surface area contributed by atoms with E-state index in [0.29, 0.717) is 19.3 Å². The van der Waals surface area contributed by atoms with Gasteiger partial charge in [-0.1, -0.05) is 338 Å². The van der Waals surface area contributed by atoms with Gasteiger partial charge in [0.1, 0.15) is 13.2 Å². The lowest BCUT2D eigenvalue weighted by atomic mass is 10.0. The third-order valence-electron chi connectivity index (χ3n) is 15.9. The molecule has 0 aromatic heterocycles. The molecule has 0 spiro atoms. The molecule has 476 valence electrons. The number of allylic oxidation sites excluding steroid dienone is 12. The summed E-state index contributed by atoms with van der Waals surface area (Å²) < 4.78 is 16.9. The van der Waals surface area contributed by atoms with Crippen molar-refractivity contribution in [2.45, 2.75) is 380 Å². The summed E-state index contributed by atoms with van der Waals surface area (Å²) in [6, 6.07) is 0. The van der Waals surface area contributed by atoms with Gasteiger partial charge >= 0.3 is 17.9 Å². The lowest BCUT2D eigenvalue weighted by Gasteiger charge is -2.18. The minimum atomic E-state index is -0.797. The molecule has 0 aromatic carbocycles. The highest BCUT2D eigenvalue weighted by atomic mass is 16.6. The lowest BCUT2D eigenvalue weighted by molar-refractivity contribution is -0.167. The molecule has 0 radical (unpaired) electrons. The molecule has 0 bridgehead atoms. The minimum Gasteiger partial charge on any atom is -0.462 e. The maximum absolute atomic E-state index is 12.9.